The molecule has 0 N–H and O–H groups in total. The molecule has 0 radical (unpaired) electrons. The van der Waals surface area contributed by atoms with Crippen molar-refractivity contribution in [3.8, 4) is 0 Å². The van der Waals surface area contributed by atoms with Crippen LogP contribution in [0.25, 0.3) is 0 Å². The second-order valence-corrected chi connectivity index (χ2v) is 9.72. The molecule has 0 amide bonds. The Bertz CT molecular complexity index is 494. The average molecular weight is 260 g/mol. The molecule has 4 rings (SSSR count). The van der Waals surface area contributed by atoms with E-state index in [0.29, 0.717) is 27.1 Å². The third-order valence-corrected chi connectivity index (χ3v) is 11.4. The van der Waals surface area contributed by atoms with Crippen LogP contribution in [-0.4, -0.2) is 0 Å². The van der Waals surface area contributed by atoms with Gasteiger partial charge in [0.2, 0.25) is 0 Å². The molecule has 0 aromatic heterocycles. The van der Waals surface area contributed by atoms with Gasteiger partial charge in [0.1, 0.15) is 0 Å². The van der Waals surface area contributed by atoms with Crippen LogP contribution in [0, 0.1) is 56.7 Å². The van der Waals surface area contributed by atoms with Crippen LogP contribution < -0.4 is 0 Å². The standard InChI is InChI=1S/C19H32/c1-10-11(2)15(5)14(10)18(8)16(6)12(3)13(4)17(16,7)19(15,18)9/h10-14H,1-9H3. The van der Waals surface area contributed by atoms with Crippen LogP contribution in [0.1, 0.15) is 62.3 Å². The summed E-state index contributed by atoms with van der Waals surface area (Å²) in [7, 11) is 0. The summed E-state index contributed by atoms with van der Waals surface area (Å²) in [5, 5.41) is 0. The zero-order chi connectivity index (χ0) is 14.4. The molecular weight excluding hydrogens is 228 g/mol. The van der Waals surface area contributed by atoms with E-state index in [-0.39, 0.29) is 0 Å². The van der Waals surface area contributed by atoms with Gasteiger partial charge in [-0.25, -0.2) is 0 Å². The minimum Gasteiger partial charge on any atom is -0.0619 e. The minimum atomic E-state index is 0.574. The maximum absolute atomic E-state index is 2.66. The van der Waals surface area contributed by atoms with E-state index in [4.69, 9.17) is 0 Å². The van der Waals surface area contributed by atoms with Gasteiger partial charge in [0.15, 0.2) is 0 Å². The molecule has 0 heteroatoms. The van der Waals surface area contributed by atoms with Crippen LogP contribution in [0.2, 0.25) is 0 Å². The van der Waals surface area contributed by atoms with Crippen molar-refractivity contribution in [3.63, 3.8) is 0 Å². The van der Waals surface area contributed by atoms with Gasteiger partial charge in [-0.1, -0.05) is 62.3 Å². The Morgan fingerprint density at radius 1 is 0.579 bits per heavy atom. The van der Waals surface area contributed by atoms with Gasteiger partial charge in [-0.05, 0) is 56.7 Å². The molecule has 4 fully saturated rings. The Kier molecular flexibility index (Phi) is 1.72. The fourth-order valence-corrected chi connectivity index (χ4v) is 9.95. The van der Waals surface area contributed by atoms with E-state index in [9.17, 15) is 0 Å². The van der Waals surface area contributed by atoms with Crippen molar-refractivity contribution in [1.82, 2.24) is 0 Å². The first-order valence-electron chi connectivity index (χ1n) is 8.50. The molecule has 19 heavy (non-hydrogen) atoms. The Balaban J connectivity index is 1.91. The average Bonchev–Trinajstić information content (AvgIpc) is 2.40. The Morgan fingerprint density at radius 2 is 1.05 bits per heavy atom. The summed E-state index contributed by atoms with van der Waals surface area (Å²) < 4.78 is 0. The lowest BCUT2D eigenvalue weighted by Crippen LogP contribution is -3.01. The predicted octanol–water partition coefficient (Wildman–Crippen LogP) is 5.23. The number of hydrogen-bond acceptors (Lipinski definition) is 0. The Hall–Kier alpha value is 0. The van der Waals surface area contributed by atoms with Crippen molar-refractivity contribution in [2.24, 2.45) is 56.7 Å². The van der Waals surface area contributed by atoms with Crippen molar-refractivity contribution < 1.29 is 0 Å². The van der Waals surface area contributed by atoms with E-state index in [2.05, 4.69) is 62.3 Å². The van der Waals surface area contributed by atoms with Crippen LogP contribution in [0.15, 0.2) is 0 Å². The van der Waals surface area contributed by atoms with Crippen LogP contribution in [0.5, 0.6) is 0 Å². The van der Waals surface area contributed by atoms with E-state index in [1.807, 2.05) is 0 Å². The van der Waals surface area contributed by atoms with E-state index in [1.165, 1.54) is 0 Å². The monoisotopic (exact) mass is 260 g/mol. The molecule has 4 saturated carbocycles. The molecule has 0 spiro atoms. The molecular formula is C19H32. The van der Waals surface area contributed by atoms with Crippen LogP contribution in [0.3, 0.4) is 0 Å². The first kappa shape index (κ1) is 12.7. The highest BCUT2D eigenvalue weighted by Gasteiger charge is 3.01. The number of rotatable bonds is 0. The predicted molar refractivity (Wildman–Crippen MR) is 80.7 cm³/mol. The summed E-state index contributed by atoms with van der Waals surface area (Å²) in [5.74, 6) is 4.64. The van der Waals surface area contributed by atoms with Crippen LogP contribution >= 0.6 is 0 Å². The normalized spacial score (nSPS) is 80.4. The van der Waals surface area contributed by atoms with Gasteiger partial charge in [-0.15, -0.1) is 0 Å². The van der Waals surface area contributed by atoms with E-state index in [1.54, 1.807) is 0 Å². The van der Waals surface area contributed by atoms with Gasteiger partial charge in [-0.3, -0.25) is 0 Å². The Morgan fingerprint density at radius 3 is 1.58 bits per heavy atom. The van der Waals surface area contributed by atoms with Crippen molar-refractivity contribution in [2.45, 2.75) is 62.3 Å². The summed E-state index contributed by atoms with van der Waals surface area (Å²) in [4.78, 5) is 0. The largest absolute Gasteiger partial charge is 0.0619 e. The molecule has 0 nitrogen and oxygen atoms in total. The molecule has 4 aliphatic carbocycles. The number of fused-ring (bicyclic) bond motifs is 7. The molecule has 0 saturated heterocycles. The highest BCUT2D eigenvalue weighted by Crippen LogP contribution is 3.05. The van der Waals surface area contributed by atoms with E-state index >= 15 is 0 Å². The van der Waals surface area contributed by atoms with Crippen molar-refractivity contribution in [1.29, 1.82) is 0 Å². The molecule has 4 aliphatic rings. The molecule has 0 aromatic rings. The fourth-order valence-electron chi connectivity index (χ4n) is 9.95. The van der Waals surface area contributed by atoms with E-state index in [0.717, 1.165) is 29.6 Å². The summed E-state index contributed by atoms with van der Waals surface area (Å²) in [5.41, 5.74) is 2.95. The minimum absolute atomic E-state index is 0.574. The highest BCUT2D eigenvalue weighted by molar-refractivity contribution is 5.48. The summed E-state index contributed by atoms with van der Waals surface area (Å²) in [6.45, 7) is 23.3. The quantitative estimate of drug-likeness (QED) is 0.559. The van der Waals surface area contributed by atoms with Gasteiger partial charge in [0, 0.05) is 0 Å². The first-order valence-corrected chi connectivity index (χ1v) is 8.50. The zero-order valence-corrected chi connectivity index (χ0v) is 14.4. The van der Waals surface area contributed by atoms with Crippen LogP contribution in [-0.2, 0) is 0 Å². The van der Waals surface area contributed by atoms with Gasteiger partial charge >= 0.3 is 0 Å². The maximum Gasteiger partial charge on any atom is -0.0142 e. The summed E-state index contributed by atoms with van der Waals surface area (Å²) >= 11 is 0. The lowest BCUT2D eigenvalue weighted by atomic mass is 8.99. The molecule has 10 atom stereocenters. The number of hydrogen-bond donors (Lipinski definition) is 0. The third-order valence-electron chi connectivity index (χ3n) is 11.4. The summed E-state index contributed by atoms with van der Waals surface area (Å²) in [6, 6.07) is 0. The van der Waals surface area contributed by atoms with E-state index < -0.39 is 0 Å². The first-order chi connectivity index (χ1) is 8.50. The Labute approximate surface area is 119 Å². The molecule has 0 aromatic carbocycles. The highest BCUT2D eigenvalue weighted by atomic mass is 15.0. The van der Waals surface area contributed by atoms with Gasteiger partial charge < -0.3 is 0 Å². The molecule has 10 unspecified atom stereocenters. The lowest BCUT2D eigenvalue weighted by molar-refractivity contribution is -0.585. The SMILES string of the molecule is CC1C(C)C2(C)C1C1(C)C3(C)C(C)C(C)C3(C)C21C. The molecule has 108 valence electrons. The topological polar surface area (TPSA) is 0 Å². The second-order valence-electron chi connectivity index (χ2n) is 9.72. The smallest absolute Gasteiger partial charge is 0.0142 e. The maximum atomic E-state index is 2.66. The lowest BCUT2D eigenvalue weighted by Gasteiger charge is -3.05. The second kappa shape index (κ2) is 2.57. The van der Waals surface area contributed by atoms with Crippen LogP contribution in [0.4, 0.5) is 0 Å². The molecule has 0 aliphatic heterocycles. The third kappa shape index (κ3) is 0.609. The summed E-state index contributed by atoms with van der Waals surface area (Å²) in [6.07, 6.45) is 0. The van der Waals surface area contributed by atoms with Crippen molar-refractivity contribution >= 4 is 0 Å². The van der Waals surface area contributed by atoms with Crippen molar-refractivity contribution in [3.05, 3.63) is 0 Å². The fraction of sp³-hybridized carbons (Fsp3) is 1.00. The van der Waals surface area contributed by atoms with Gasteiger partial charge in [0.05, 0.1) is 0 Å². The molecule has 0 bridgehead atoms. The zero-order valence-electron chi connectivity index (χ0n) is 14.4. The van der Waals surface area contributed by atoms with Crippen molar-refractivity contribution in [2.75, 3.05) is 0 Å². The molecule has 0 heterocycles. The van der Waals surface area contributed by atoms with Gasteiger partial charge in [0.25, 0.3) is 0 Å². The van der Waals surface area contributed by atoms with Gasteiger partial charge in [-0.2, -0.15) is 0 Å².